The first kappa shape index (κ1) is 16.1. The van der Waals surface area contributed by atoms with E-state index in [1.807, 2.05) is 22.4 Å². The van der Waals surface area contributed by atoms with E-state index in [2.05, 4.69) is 25.3 Å². The minimum Gasteiger partial charge on any atom is -0.355 e. The number of carbonyl (C=O) groups is 1. The zero-order valence-corrected chi connectivity index (χ0v) is 15.1. The van der Waals surface area contributed by atoms with Gasteiger partial charge in [0.2, 0.25) is 0 Å². The molecular formula is C18H16N6O2S. The van der Waals surface area contributed by atoms with E-state index in [0.717, 1.165) is 28.9 Å². The number of carbonyl (C=O) groups excluding carboxylic acids is 1. The second kappa shape index (κ2) is 6.58. The number of fused-ring (bicyclic) bond motifs is 1. The predicted molar refractivity (Wildman–Crippen MR) is 99.4 cm³/mol. The number of H-pyrrole nitrogens is 1. The Morgan fingerprint density at radius 3 is 3.15 bits per heavy atom. The van der Waals surface area contributed by atoms with Gasteiger partial charge in [0.25, 0.3) is 5.91 Å². The normalized spacial score (nSPS) is 17.5. The van der Waals surface area contributed by atoms with Crippen molar-refractivity contribution in [3.63, 3.8) is 0 Å². The summed E-state index contributed by atoms with van der Waals surface area (Å²) in [6, 6.07) is 5.60. The summed E-state index contributed by atoms with van der Waals surface area (Å²) >= 11 is 1.55. The van der Waals surface area contributed by atoms with Gasteiger partial charge in [0, 0.05) is 37.5 Å². The first-order valence-electron chi connectivity index (χ1n) is 8.74. The van der Waals surface area contributed by atoms with Crippen molar-refractivity contribution in [3.8, 4) is 10.6 Å². The van der Waals surface area contributed by atoms with E-state index in [-0.39, 0.29) is 11.8 Å². The lowest BCUT2D eigenvalue weighted by molar-refractivity contribution is 0.0695. The highest BCUT2D eigenvalue weighted by Gasteiger charge is 2.29. The molecule has 1 atom stereocenters. The molecule has 1 aliphatic rings. The Balaban J connectivity index is 1.37. The molecule has 0 aliphatic carbocycles. The number of hydrogen-bond donors (Lipinski definition) is 1. The molecule has 5 rings (SSSR count). The van der Waals surface area contributed by atoms with Crippen LogP contribution in [0.5, 0.6) is 0 Å². The maximum absolute atomic E-state index is 12.9. The van der Waals surface area contributed by atoms with Gasteiger partial charge in [-0.05, 0) is 24.3 Å². The third kappa shape index (κ3) is 2.89. The van der Waals surface area contributed by atoms with Crippen molar-refractivity contribution in [3.05, 3.63) is 47.4 Å². The molecule has 5 heterocycles. The number of hydrogen-bond acceptors (Lipinski definition) is 7. The zero-order valence-electron chi connectivity index (χ0n) is 14.3. The Bertz CT molecular complexity index is 1090. The summed E-state index contributed by atoms with van der Waals surface area (Å²) in [5.41, 5.74) is 2.66. The van der Waals surface area contributed by atoms with Gasteiger partial charge in [-0.2, -0.15) is 5.10 Å². The molecule has 27 heavy (non-hydrogen) atoms. The molecule has 0 radical (unpaired) electrons. The van der Waals surface area contributed by atoms with E-state index in [9.17, 15) is 4.79 Å². The highest BCUT2D eigenvalue weighted by molar-refractivity contribution is 7.13. The van der Waals surface area contributed by atoms with Crippen LogP contribution in [0.25, 0.3) is 21.8 Å². The second-order valence-electron chi connectivity index (χ2n) is 6.51. The fourth-order valence-corrected chi connectivity index (χ4v) is 4.20. The van der Waals surface area contributed by atoms with Crippen molar-refractivity contribution >= 4 is 28.4 Å². The van der Waals surface area contributed by atoms with Gasteiger partial charge in [0.05, 0.1) is 10.6 Å². The van der Waals surface area contributed by atoms with Gasteiger partial charge in [0.15, 0.2) is 17.1 Å². The number of nitrogens with one attached hydrogen (secondary N) is 1. The van der Waals surface area contributed by atoms with Crippen molar-refractivity contribution in [1.82, 2.24) is 30.2 Å². The quantitative estimate of drug-likeness (QED) is 0.586. The Labute approximate surface area is 158 Å². The fraction of sp³-hybridized carbons (Fsp3) is 0.278. The summed E-state index contributed by atoms with van der Waals surface area (Å²) in [7, 11) is 0. The summed E-state index contributed by atoms with van der Waals surface area (Å²) in [6.45, 7) is 1.29. The number of rotatable bonds is 3. The molecule has 1 aliphatic heterocycles. The van der Waals surface area contributed by atoms with E-state index < -0.39 is 0 Å². The third-order valence-corrected chi connectivity index (χ3v) is 5.71. The third-order valence-electron chi connectivity index (χ3n) is 4.83. The molecule has 1 saturated heterocycles. The predicted octanol–water partition coefficient (Wildman–Crippen LogP) is 3.09. The minimum atomic E-state index is -0.110. The summed E-state index contributed by atoms with van der Waals surface area (Å²) < 4.78 is 5.36. The maximum atomic E-state index is 12.9. The second-order valence-corrected chi connectivity index (χ2v) is 7.46. The molecule has 9 heteroatoms. The van der Waals surface area contributed by atoms with Crippen LogP contribution in [0.2, 0.25) is 0 Å². The number of piperidine rings is 1. The molecule has 1 fully saturated rings. The van der Waals surface area contributed by atoms with Crippen LogP contribution in [-0.2, 0) is 0 Å². The van der Waals surface area contributed by atoms with Gasteiger partial charge in [0.1, 0.15) is 5.52 Å². The van der Waals surface area contributed by atoms with Gasteiger partial charge in [-0.3, -0.25) is 9.89 Å². The highest BCUT2D eigenvalue weighted by Crippen LogP contribution is 2.30. The van der Waals surface area contributed by atoms with Crippen LogP contribution in [0.1, 0.15) is 34.9 Å². The van der Waals surface area contributed by atoms with Crippen LogP contribution in [0, 0.1) is 0 Å². The van der Waals surface area contributed by atoms with Crippen molar-refractivity contribution in [2.45, 2.75) is 18.8 Å². The van der Waals surface area contributed by atoms with Crippen LogP contribution < -0.4 is 0 Å². The number of aromatic nitrogens is 5. The number of aromatic amines is 1. The smallest absolute Gasteiger partial charge is 0.276 e. The Kier molecular flexibility index (Phi) is 3.93. The van der Waals surface area contributed by atoms with Crippen LogP contribution in [0.15, 0.2) is 40.5 Å². The van der Waals surface area contributed by atoms with E-state index in [0.29, 0.717) is 30.2 Å². The number of amides is 1. The summed E-state index contributed by atoms with van der Waals surface area (Å²) in [4.78, 5) is 24.3. The zero-order chi connectivity index (χ0) is 18.2. The van der Waals surface area contributed by atoms with Crippen molar-refractivity contribution in [2.75, 3.05) is 13.1 Å². The molecule has 4 aromatic rings. The monoisotopic (exact) mass is 380 g/mol. The summed E-state index contributed by atoms with van der Waals surface area (Å²) in [6.07, 6.45) is 5.16. The SMILES string of the molecule is O=C(c1cc(-c2cccs2)on1)N1CCC[C@@H](c2[nH]nc3nccnc23)C1. The number of likely N-dealkylation sites (tertiary alicyclic amines) is 1. The van der Waals surface area contributed by atoms with Crippen LogP contribution in [0.3, 0.4) is 0 Å². The average molecular weight is 380 g/mol. The molecule has 136 valence electrons. The molecule has 4 aromatic heterocycles. The highest BCUT2D eigenvalue weighted by atomic mass is 32.1. The van der Waals surface area contributed by atoms with Gasteiger partial charge in [-0.15, -0.1) is 11.3 Å². The molecular weight excluding hydrogens is 364 g/mol. The van der Waals surface area contributed by atoms with Gasteiger partial charge >= 0.3 is 0 Å². The number of thiophene rings is 1. The molecule has 0 bridgehead atoms. The lowest BCUT2D eigenvalue weighted by Crippen LogP contribution is -2.39. The Morgan fingerprint density at radius 1 is 1.33 bits per heavy atom. The molecule has 0 saturated carbocycles. The van der Waals surface area contributed by atoms with E-state index >= 15 is 0 Å². The van der Waals surface area contributed by atoms with Crippen LogP contribution in [-0.4, -0.2) is 49.2 Å². The van der Waals surface area contributed by atoms with E-state index in [4.69, 9.17) is 4.52 Å². The van der Waals surface area contributed by atoms with Crippen molar-refractivity contribution in [2.24, 2.45) is 0 Å². The molecule has 8 nitrogen and oxygen atoms in total. The fourth-order valence-electron chi connectivity index (χ4n) is 3.52. The molecule has 1 amide bonds. The Morgan fingerprint density at radius 2 is 2.26 bits per heavy atom. The van der Waals surface area contributed by atoms with Crippen LogP contribution >= 0.6 is 11.3 Å². The summed E-state index contributed by atoms with van der Waals surface area (Å²) in [5, 5.41) is 13.2. The van der Waals surface area contributed by atoms with Crippen molar-refractivity contribution in [1.29, 1.82) is 0 Å². The standard InChI is InChI=1S/C18H16N6O2S/c25-18(12-9-13(26-23-12)14-4-2-8-27-14)24-7-1-3-11(10-24)15-16-17(22-21-15)20-6-5-19-16/h2,4-6,8-9,11H,1,3,7,10H2,(H,20,21,22)/t11-/m1/s1. The topological polar surface area (TPSA) is 101 Å². The Hall–Kier alpha value is -3.07. The van der Waals surface area contributed by atoms with Crippen LogP contribution in [0.4, 0.5) is 0 Å². The maximum Gasteiger partial charge on any atom is 0.276 e. The van der Waals surface area contributed by atoms with Crippen molar-refractivity contribution < 1.29 is 9.32 Å². The molecule has 1 N–H and O–H groups in total. The van der Waals surface area contributed by atoms with Gasteiger partial charge < -0.3 is 9.42 Å². The minimum absolute atomic E-state index is 0.110. The number of nitrogens with zero attached hydrogens (tertiary/aromatic N) is 5. The first-order chi connectivity index (χ1) is 13.3. The molecule has 0 aromatic carbocycles. The average Bonchev–Trinajstić information content (AvgIpc) is 3.47. The molecule has 0 unspecified atom stereocenters. The van der Waals surface area contributed by atoms with E-state index in [1.165, 1.54) is 0 Å². The summed E-state index contributed by atoms with van der Waals surface area (Å²) in [5.74, 6) is 0.658. The van der Waals surface area contributed by atoms with Gasteiger partial charge in [-0.1, -0.05) is 11.2 Å². The van der Waals surface area contributed by atoms with E-state index in [1.54, 1.807) is 29.8 Å². The first-order valence-corrected chi connectivity index (χ1v) is 9.62. The van der Waals surface area contributed by atoms with Gasteiger partial charge in [-0.25, -0.2) is 9.97 Å². The largest absolute Gasteiger partial charge is 0.355 e. The lowest BCUT2D eigenvalue weighted by atomic mass is 9.94. The lowest BCUT2D eigenvalue weighted by Gasteiger charge is -2.31. The molecule has 0 spiro atoms.